The number of benzene rings is 2. The summed E-state index contributed by atoms with van der Waals surface area (Å²) < 4.78 is 6.17. The maximum atomic E-state index is 12.3. The number of carbonyl (C=O) groups is 1. The zero-order valence-corrected chi connectivity index (χ0v) is 15.8. The summed E-state index contributed by atoms with van der Waals surface area (Å²) in [6.07, 6.45) is 0. The molecular weight excluding hydrogens is 368 g/mol. The van der Waals surface area contributed by atoms with Gasteiger partial charge >= 0.3 is 0 Å². The fraction of sp³-hybridized carbons (Fsp3) is 0.316. The molecule has 0 aliphatic rings. The molecule has 0 aromatic heterocycles. The van der Waals surface area contributed by atoms with Crippen molar-refractivity contribution in [3.63, 3.8) is 0 Å². The minimum absolute atomic E-state index is 0.0187. The number of rotatable bonds is 7. The number of hydrogen-bond acceptors (Lipinski definition) is 3. The normalized spacial score (nSPS) is 13.2. The van der Waals surface area contributed by atoms with Crippen molar-refractivity contribution < 1.29 is 9.53 Å². The van der Waals surface area contributed by atoms with Gasteiger partial charge < -0.3 is 10.1 Å². The maximum absolute atomic E-state index is 12.3. The summed E-state index contributed by atoms with van der Waals surface area (Å²) >= 11 is 3.43. The Morgan fingerprint density at radius 2 is 1.71 bits per heavy atom. The Labute approximate surface area is 151 Å². The number of nitrogens with one attached hydrogen (secondary N) is 2. The quantitative estimate of drug-likeness (QED) is 0.755. The van der Waals surface area contributed by atoms with Crippen molar-refractivity contribution in [2.75, 3.05) is 7.11 Å². The second-order valence-electron chi connectivity index (χ2n) is 5.73. The van der Waals surface area contributed by atoms with Gasteiger partial charge in [0, 0.05) is 17.1 Å². The summed E-state index contributed by atoms with van der Waals surface area (Å²) in [5.74, 6) is 0.790. The summed E-state index contributed by atoms with van der Waals surface area (Å²) in [7, 11) is 1.64. The monoisotopic (exact) mass is 390 g/mol. The van der Waals surface area contributed by atoms with E-state index in [1.54, 1.807) is 7.11 Å². The van der Waals surface area contributed by atoms with Crippen molar-refractivity contribution in [3.05, 3.63) is 64.1 Å². The summed E-state index contributed by atoms with van der Waals surface area (Å²) in [5, 5.41) is 6.27. The van der Waals surface area contributed by atoms with Crippen LogP contribution < -0.4 is 15.4 Å². The van der Waals surface area contributed by atoms with Gasteiger partial charge in [-0.05, 0) is 49.2 Å². The third-order valence-corrected chi connectivity index (χ3v) is 4.42. The summed E-state index contributed by atoms with van der Waals surface area (Å²) in [5.41, 5.74) is 2.19. The Bertz CT molecular complexity index is 656. The van der Waals surface area contributed by atoms with E-state index in [1.165, 1.54) is 0 Å². The van der Waals surface area contributed by atoms with Crippen molar-refractivity contribution >= 4 is 21.8 Å². The smallest absolute Gasteiger partial charge is 0.237 e. The van der Waals surface area contributed by atoms with Crippen LogP contribution in [0.4, 0.5) is 0 Å². The van der Waals surface area contributed by atoms with Gasteiger partial charge in [-0.25, -0.2) is 0 Å². The van der Waals surface area contributed by atoms with E-state index in [0.29, 0.717) is 6.54 Å². The summed E-state index contributed by atoms with van der Waals surface area (Å²) in [6, 6.07) is 15.6. The standard InChI is InChI=1S/C19H23BrN2O2/c1-13(16-6-8-17(20)9-7-16)22-14(2)19(23)21-12-15-4-10-18(24-3)11-5-15/h4-11,13-14,22H,12H2,1-3H3,(H,21,23)/t13-,14-/m1/s1. The maximum Gasteiger partial charge on any atom is 0.237 e. The molecule has 4 nitrogen and oxygen atoms in total. The van der Waals surface area contributed by atoms with Crippen LogP contribution in [0.2, 0.25) is 0 Å². The average molecular weight is 391 g/mol. The molecule has 0 bridgehead atoms. The molecule has 2 atom stereocenters. The number of hydrogen-bond donors (Lipinski definition) is 2. The highest BCUT2D eigenvalue weighted by Gasteiger charge is 2.16. The van der Waals surface area contributed by atoms with Gasteiger partial charge in [-0.15, -0.1) is 0 Å². The van der Waals surface area contributed by atoms with Crippen LogP contribution in [0.1, 0.15) is 31.0 Å². The zero-order valence-electron chi connectivity index (χ0n) is 14.2. The Morgan fingerprint density at radius 3 is 2.29 bits per heavy atom. The molecule has 0 fully saturated rings. The van der Waals surface area contributed by atoms with Crippen LogP contribution in [0, 0.1) is 0 Å². The average Bonchev–Trinajstić information content (AvgIpc) is 2.60. The van der Waals surface area contributed by atoms with E-state index in [9.17, 15) is 4.79 Å². The van der Waals surface area contributed by atoms with Crippen molar-refractivity contribution in [3.8, 4) is 5.75 Å². The van der Waals surface area contributed by atoms with Gasteiger partial charge in [0.2, 0.25) is 5.91 Å². The molecule has 2 aromatic rings. The van der Waals surface area contributed by atoms with Crippen LogP contribution in [0.25, 0.3) is 0 Å². The highest BCUT2D eigenvalue weighted by atomic mass is 79.9. The summed E-state index contributed by atoms with van der Waals surface area (Å²) in [6.45, 7) is 4.43. The fourth-order valence-electron chi connectivity index (χ4n) is 2.38. The SMILES string of the molecule is COc1ccc(CNC(=O)[C@@H](C)N[C@H](C)c2ccc(Br)cc2)cc1. The minimum atomic E-state index is -0.276. The van der Waals surface area contributed by atoms with Crippen molar-refractivity contribution in [2.24, 2.45) is 0 Å². The molecule has 0 saturated heterocycles. The fourth-order valence-corrected chi connectivity index (χ4v) is 2.65. The second-order valence-corrected chi connectivity index (χ2v) is 6.64. The number of ether oxygens (including phenoxy) is 1. The molecule has 0 radical (unpaired) electrons. The first-order valence-corrected chi connectivity index (χ1v) is 8.71. The predicted octanol–water partition coefficient (Wildman–Crippen LogP) is 3.81. The largest absolute Gasteiger partial charge is 0.497 e. The minimum Gasteiger partial charge on any atom is -0.497 e. The van der Waals surface area contributed by atoms with Crippen LogP contribution in [-0.2, 0) is 11.3 Å². The van der Waals surface area contributed by atoms with Gasteiger partial charge in [0.05, 0.1) is 13.2 Å². The topological polar surface area (TPSA) is 50.4 Å². The lowest BCUT2D eigenvalue weighted by Crippen LogP contribution is -2.42. The van der Waals surface area contributed by atoms with Gasteiger partial charge in [-0.3, -0.25) is 10.1 Å². The first-order chi connectivity index (χ1) is 11.5. The van der Waals surface area contributed by atoms with Crippen LogP contribution in [0.15, 0.2) is 53.0 Å². The number of halogens is 1. The van der Waals surface area contributed by atoms with E-state index < -0.39 is 0 Å². The molecule has 5 heteroatoms. The lowest BCUT2D eigenvalue weighted by Gasteiger charge is -2.20. The molecule has 0 spiro atoms. The van der Waals surface area contributed by atoms with Gasteiger partial charge in [0.1, 0.15) is 5.75 Å². The van der Waals surface area contributed by atoms with E-state index >= 15 is 0 Å². The number of carbonyl (C=O) groups excluding carboxylic acids is 1. The van der Waals surface area contributed by atoms with E-state index in [0.717, 1.165) is 21.3 Å². The van der Waals surface area contributed by atoms with Gasteiger partial charge in [-0.2, -0.15) is 0 Å². The molecule has 2 N–H and O–H groups in total. The van der Waals surface area contributed by atoms with E-state index in [2.05, 4.69) is 33.5 Å². The van der Waals surface area contributed by atoms with Crippen molar-refractivity contribution in [1.29, 1.82) is 0 Å². The second kappa shape index (κ2) is 8.85. The predicted molar refractivity (Wildman–Crippen MR) is 100.0 cm³/mol. The van der Waals surface area contributed by atoms with Crippen LogP contribution in [0.3, 0.4) is 0 Å². The van der Waals surface area contributed by atoms with E-state index in [-0.39, 0.29) is 18.0 Å². The molecule has 0 saturated carbocycles. The Kier molecular flexibility index (Phi) is 6.82. The first kappa shape index (κ1) is 18.5. The van der Waals surface area contributed by atoms with Gasteiger partial charge in [0.25, 0.3) is 0 Å². The van der Waals surface area contributed by atoms with Crippen LogP contribution >= 0.6 is 15.9 Å². The van der Waals surface area contributed by atoms with Crippen LogP contribution in [0.5, 0.6) is 5.75 Å². The molecular formula is C19H23BrN2O2. The van der Waals surface area contributed by atoms with Crippen LogP contribution in [-0.4, -0.2) is 19.1 Å². The highest BCUT2D eigenvalue weighted by molar-refractivity contribution is 9.10. The molecule has 1 amide bonds. The van der Waals surface area contributed by atoms with Gasteiger partial charge in [0.15, 0.2) is 0 Å². The lowest BCUT2D eigenvalue weighted by molar-refractivity contribution is -0.123. The lowest BCUT2D eigenvalue weighted by atomic mass is 10.1. The molecule has 2 aromatic carbocycles. The zero-order chi connectivity index (χ0) is 17.5. The van der Waals surface area contributed by atoms with Gasteiger partial charge in [-0.1, -0.05) is 40.2 Å². The Morgan fingerprint density at radius 1 is 1.08 bits per heavy atom. The molecule has 0 unspecified atom stereocenters. The van der Waals surface area contributed by atoms with E-state index in [1.807, 2.05) is 55.5 Å². The van der Waals surface area contributed by atoms with Crippen molar-refractivity contribution in [1.82, 2.24) is 10.6 Å². The molecule has 0 heterocycles. The third-order valence-electron chi connectivity index (χ3n) is 3.89. The molecule has 0 aliphatic heterocycles. The first-order valence-electron chi connectivity index (χ1n) is 7.91. The Balaban J connectivity index is 1.83. The molecule has 24 heavy (non-hydrogen) atoms. The van der Waals surface area contributed by atoms with Crippen molar-refractivity contribution in [2.45, 2.75) is 32.5 Å². The number of methoxy groups -OCH3 is 1. The summed E-state index contributed by atoms with van der Waals surface area (Å²) in [4.78, 5) is 12.3. The molecule has 2 rings (SSSR count). The van der Waals surface area contributed by atoms with E-state index in [4.69, 9.17) is 4.74 Å². The highest BCUT2D eigenvalue weighted by Crippen LogP contribution is 2.17. The molecule has 128 valence electrons. The Hall–Kier alpha value is -1.85. The third kappa shape index (κ3) is 5.35. The number of amides is 1. The molecule has 0 aliphatic carbocycles.